The maximum atomic E-state index is 11.8. The van der Waals surface area contributed by atoms with Gasteiger partial charge in [-0.1, -0.05) is 18.2 Å². The van der Waals surface area contributed by atoms with Gasteiger partial charge in [0, 0.05) is 19.8 Å². The molecule has 0 aliphatic carbocycles. The Morgan fingerprint density at radius 3 is 2.39 bits per heavy atom. The molecule has 98 valence electrons. The van der Waals surface area contributed by atoms with Gasteiger partial charge in [-0.2, -0.15) is 0 Å². The maximum Gasteiger partial charge on any atom is 0.241 e. The molecule has 5 nitrogen and oxygen atoms in total. The summed E-state index contributed by atoms with van der Waals surface area (Å²) >= 11 is 0. The van der Waals surface area contributed by atoms with E-state index < -0.39 is 6.04 Å². The molecule has 1 aromatic rings. The molecule has 1 atom stereocenters. The first kappa shape index (κ1) is 14.2. The number of benzene rings is 1. The highest BCUT2D eigenvalue weighted by atomic mass is 16.2. The zero-order valence-electron chi connectivity index (χ0n) is 10.9. The SMILES string of the molecule is CC(NCC(=O)N(C)C)C(=O)Nc1ccccc1. The average Bonchev–Trinajstić information content (AvgIpc) is 2.36. The molecule has 5 heteroatoms. The summed E-state index contributed by atoms with van der Waals surface area (Å²) in [6.07, 6.45) is 0. The van der Waals surface area contributed by atoms with E-state index in [2.05, 4.69) is 10.6 Å². The molecule has 0 aromatic heterocycles. The predicted molar refractivity (Wildman–Crippen MR) is 71.2 cm³/mol. The lowest BCUT2D eigenvalue weighted by atomic mass is 10.2. The summed E-state index contributed by atoms with van der Waals surface area (Å²) in [5.41, 5.74) is 0.745. The van der Waals surface area contributed by atoms with Gasteiger partial charge in [0.15, 0.2) is 0 Å². The number of carbonyl (C=O) groups excluding carboxylic acids is 2. The Balaban J connectivity index is 2.40. The molecule has 1 rings (SSSR count). The van der Waals surface area contributed by atoms with Crippen LogP contribution in [0.5, 0.6) is 0 Å². The third kappa shape index (κ3) is 4.55. The second-order valence-electron chi connectivity index (χ2n) is 4.25. The van der Waals surface area contributed by atoms with Gasteiger partial charge in [0.05, 0.1) is 12.6 Å². The Morgan fingerprint density at radius 2 is 1.83 bits per heavy atom. The van der Waals surface area contributed by atoms with Gasteiger partial charge in [-0.15, -0.1) is 0 Å². The number of hydrogen-bond acceptors (Lipinski definition) is 3. The summed E-state index contributed by atoms with van der Waals surface area (Å²) < 4.78 is 0. The molecule has 0 radical (unpaired) electrons. The van der Waals surface area contributed by atoms with E-state index in [1.54, 1.807) is 21.0 Å². The second kappa shape index (κ2) is 6.76. The van der Waals surface area contributed by atoms with Crippen molar-refractivity contribution in [1.82, 2.24) is 10.2 Å². The van der Waals surface area contributed by atoms with E-state index in [1.165, 1.54) is 4.90 Å². The zero-order chi connectivity index (χ0) is 13.5. The van der Waals surface area contributed by atoms with Crippen LogP contribution in [0.2, 0.25) is 0 Å². The van der Waals surface area contributed by atoms with E-state index in [0.717, 1.165) is 5.69 Å². The number of likely N-dealkylation sites (N-methyl/N-ethyl adjacent to an activating group) is 1. The van der Waals surface area contributed by atoms with Crippen molar-refractivity contribution in [3.8, 4) is 0 Å². The summed E-state index contributed by atoms with van der Waals surface area (Å²) in [6, 6.07) is 8.79. The maximum absolute atomic E-state index is 11.8. The van der Waals surface area contributed by atoms with Crippen LogP contribution in [0.3, 0.4) is 0 Å². The third-order valence-corrected chi connectivity index (χ3v) is 2.49. The minimum atomic E-state index is -0.422. The van der Waals surface area contributed by atoms with Gasteiger partial charge in [-0.05, 0) is 19.1 Å². The van der Waals surface area contributed by atoms with Gasteiger partial charge < -0.3 is 10.2 Å². The Kier molecular flexibility index (Phi) is 5.32. The number of amides is 2. The minimum absolute atomic E-state index is 0.0608. The van der Waals surface area contributed by atoms with Crippen molar-refractivity contribution < 1.29 is 9.59 Å². The van der Waals surface area contributed by atoms with E-state index in [-0.39, 0.29) is 18.4 Å². The lowest BCUT2D eigenvalue weighted by molar-refractivity contribution is -0.128. The van der Waals surface area contributed by atoms with E-state index in [9.17, 15) is 9.59 Å². The third-order valence-electron chi connectivity index (χ3n) is 2.49. The molecule has 0 fully saturated rings. The van der Waals surface area contributed by atoms with E-state index in [4.69, 9.17) is 0 Å². The van der Waals surface area contributed by atoms with Crippen molar-refractivity contribution in [3.63, 3.8) is 0 Å². The van der Waals surface area contributed by atoms with E-state index in [0.29, 0.717) is 0 Å². The fraction of sp³-hybridized carbons (Fsp3) is 0.385. The van der Waals surface area contributed by atoms with E-state index in [1.807, 2.05) is 30.3 Å². The molecule has 18 heavy (non-hydrogen) atoms. The zero-order valence-corrected chi connectivity index (χ0v) is 10.9. The molecule has 1 aromatic carbocycles. The van der Waals surface area contributed by atoms with Crippen molar-refractivity contribution in [2.45, 2.75) is 13.0 Å². The predicted octanol–water partition coefficient (Wildman–Crippen LogP) is 0.691. The van der Waals surface area contributed by atoms with Crippen LogP contribution in [0.1, 0.15) is 6.92 Å². The van der Waals surface area contributed by atoms with Gasteiger partial charge >= 0.3 is 0 Å². The van der Waals surface area contributed by atoms with Crippen LogP contribution in [0, 0.1) is 0 Å². The average molecular weight is 249 g/mol. The van der Waals surface area contributed by atoms with Crippen LogP contribution in [-0.4, -0.2) is 43.4 Å². The topological polar surface area (TPSA) is 61.4 Å². The monoisotopic (exact) mass is 249 g/mol. The van der Waals surface area contributed by atoms with Crippen LogP contribution in [-0.2, 0) is 9.59 Å². The van der Waals surface area contributed by atoms with Crippen LogP contribution >= 0.6 is 0 Å². The molecule has 0 aliphatic heterocycles. The molecule has 0 aliphatic rings. The number of carbonyl (C=O) groups is 2. The highest BCUT2D eigenvalue weighted by Crippen LogP contribution is 2.05. The standard InChI is InChI=1S/C13H19N3O2/c1-10(14-9-12(17)16(2)3)13(18)15-11-7-5-4-6-8-11/h4-8,10,14H,9H2,1-3H3,(H,15,18). The number of para-hydroxylation sites is 1. The summed E-state index contributed by atoms with van der Waals surface area (Å²) in [6.45, 7) is 1.87. The summed E-state index contributed by atoms with van der Waals surface area (Å²) in [5, 5.41) is 5.65. The van der Waals surface area contributed by atoms with Crippen LogP contribution < -0.4 is 10.6 Å². The molecule has 0 saturated carbocycles. The van der Waals surface area contributed by atoms with Crippen LogP contribution in [0.25, 0.3) is 0 Å². The Labute approximate surface area is 107 Å². The first-order valence-electron chi connectivity index (χ1n) is 5.80. The van der Waals surface area contributed by atoms with Crippen LogP contribution in [0.4, 0.5) is 5.69 Å². The smallest absolute Gasteiger partial charge is 0.241 e. The van der Waals surface area contributed by atoms with Crippen molar-refractivity contribution in [2.24, 2.45) is 0 Å². The highest BCUT2D eigenvalue weighted by molar-refractivity contribution is 5.94. The molecule has 0 bridgehead atoms. The van der Waals surface area contributed by atoms with E-state index >= 15 is 0 Å². The summed E-state index contributed by atoms with van der Waals surface area (Å²) in [5.74, 6) is -0.220. The summed E-state index contributed by atoms with van der Waals surface area (Å²) in [7, 11) is 3.36. The molecule has 0 saturated heterocycles. The summed E-state index contributed by atoms with van der Waals surface area (Å²) in [4.78, 5) is 24.6. The second-order valence-corrected chi connectivity index (χ2v) is 4.25. The van der Waals surface area contributed by atoms with Crippen molar-refractivity contribution in [2.75, 3.05) is 26.0 Å². The quantitative estimate of drug-likeness (QED) is 0.807. The Morgan fingerprint density at radius 1 is 1.22 bits per heavy atom. The molecule has 0 spiro atoms. The number of nitrogens with zero attached hydrogens (tertiary/aromatic N) is 1. The largest absolute Gasteiger partial charge is 0.348 e. The Hall–Kier alpha value is -1.88. The minimum Gasteiger partial charge on any atom is -0.348 e. The van der Waals surface area contributed by atoms with Crippen molar-refractivity contribution >= 4 is 17.5 Å². The van der Waals surface area contributed by atoms with Gasteiger partial charge in [0.25, 0.3) is 0 Å². The lowest BCUT2D eigenvalue weighted by Gasteiger charge is -2.16. The molecular weight excluding hydrogens is 230 g/mol. The van der Waals surface area contributed by atoms with Crippen LogP contribution in [0.15, 0.2) is 30.3 Å². The molecule has 1 unspecified atom stereocenters. The molecule has 2 N–H and O–H groups in total. The van der Waals surface area contributed by atoms with Gasteiger partial charge in [-0.25, -0.2) is 0 Å². The fourth-order valence-electron chi connectivity index (χ4n) is 1.26. The fourth-order valence-corrected chi connectivity index (χ4v) is 1.26. The number of anilines is 1. The van der Waals surface area contributed by atoms with Crippen molar-refractivity contribution in [3.05, 3.63) is 30.3 Å². The lowest BCUT2D eigenvalue weighted by Crippen LogP contribution is -2.43. The number of hydrogen-bond donors (Lipinski definition) is 2. The van der Waals surface area contributed by atoms with Gasteiger partial charge in [0.1, 0.15) is 0 Å². The van der Waals surface area contributed by atoms with Gasteiger partial charge in [-0.3, -0.25) is 14.9 Å². The van der Waals surface area contributed by atoms with Crippen molar-refractivity contribution in [1.29, 1.82) is 0 Å². The molecule has 0 heterocycles. The first-order valence-corrected chi connectivity index (χ1v) is 5.80. The first-order chi connectivity index (χ1) is 8.50. The Bertz CT molecular complexity index is 404. The normalized spacial score (nSPS) is 11.7. The highest BCUT2D eigenvalue weighted by Gasteiger charge is 2.14. The number of nitrogens with one attached hydrogen (secondary N) is 2. The molecular formula is C13H19N3O2. The number of rotatable bonds is 5. The van der Waals surface area contributed by atoms with Gasteiger partial charge in [0.2, 0.25) is 11.8 Å². The molecule has 2 amide bonds.